The first-order valence-electron chi connectivity index (χ1n) is 19.8. The number of aromatic nitrogens is 4. The van der Waals surface area contributed by atoms with Crippen LogP contribution in [0.5, 0.6) is 5.75 Å². The molecule has 0 saturated carbocycles. The number of alkyl halides is 2. The number of fused-ring (bicyclic) bond motifs is 1. The summed E-state index contributed by atoms with van der Waals surface area (Å²) in [5.74, 6) is 0.661. The van der Waals surface area contributed by atoms with Crippen molar-refractivity contribution in [2.24, 2.45) is 13.0 Å². The monoisotopic (exact) mass is 824 g/mol. The quantitative estimate of drug-likeness (QED) is 0.212. The van der Waals surface area contributed by atoms with Gasteiger partial charge in [-0.1, -0.05) is 6.07 Å². The van der Waals surface area contributed by atoms with Gasteiger partial charge in [0.2, 0.25) is 21.9 Å². The van der Waals surface area contributed by atoms with Crippen molar-refractivity contribution >= 4 is 50.3 Å². The van der Waals surface area contributed by atoms with Gasteiger partial charge in [0.25, 0.3) is 0 Å². The topological polar surface area (TPSA) is 158 Å². The highest BCUT2D eigenvalue weighted by Gasteiger charge is 2.33. The Morgan fingerprint density at radius 2 is 1.64 bits per heavy atom. The van der Waals surface area contributed by atoms with E-state index in [0.717, 1.165) is 74.7 Å². The van der Waals surface area contributed by atoms with Crippen molar-refractivity contribution in [3.63, 3.8) is 0 Å². The average molecular weight is 825 g/mol. The molecule has 0 atom stereocenters. The number of rotatable bonds is 11. The van der Waals surface area contributed by atoms with E-state index in [1.165, 1.54) is 20.8 Å². The van der Waals surface area contributed by atoms with Crippen LogP contribution in [0.1, 0.15) is 56.4 Å². The molecule has 8 rings (SSSR count). The summed E-state index contributed by atoms with van der Waals surface area (Å²) in [7, 11) is -2.08. The number of nitrogens with zero attached hydrogens (tertiary/aromatic N) is 8. The lowest BCUT2D eigenvalue weighted by Crippen LogP contribution is -2.49. The van der Waals surface area contributed by atoms with Crippen LogP contribution in [0.25, 0.3) is 10.9 Å². The Hall–Kier alpha value is -5.01. The van der Waals surface area contributed by atoms with Crippen molar-refractivity contribution in [1.29, 1.82) is 0 Å². The second-order valence-corrected chi connectivity index (χ2v) is 17.5. The van der Waals surface area contributed by atoms with Gasteiger partial charge in [-0.05, 0) is 99.3 Å². The Bertz CT molecular complexity index is 2240. The summed E-state index contributed by atoms with van der Waals surface area (Å²) in [5, 5.41) is 11.0. The number of urea groups is 1. The highest BCUT2D eigenvalue weighted by atomic mass is 32.2. The van der Waals surface area contributed by atoms with Crippen molar-refractivity contribution < 1.29 is 35.9 Å². The van der Waals surface area contributed by atoms with Crippen LogP contribution in [0.2, 0.25) is 0 Å². The maximum atomic E-state index is 15.0. The fraction of sp³-hybridized carbons (Fsp3) is 0.513. The number of hydrogen-bond acceptors (Lipinski definition) is 11. The number of carbonyl (C=O) groups excluding carboxylic acids is 2. The van der Waals surface area contributed by atoms with Gasteiger partial charge in [0.15, 0.2) is 11.6 Å². The van der Waals surface area contributed by atoms with Crippen molar-refractivity contribution in [1.82, 2.24) is 34.3 Å². The van der Waals surface area contributed by atoms with Gasteiger partial charge in [0.05, 0.1) is 22.8 Å². The predicted molar refractivity (Wildman–Crippen MR) is 210 cm³/mol. The largest absolute Gasteiger partial charge is 0.432 e. The highest BCUT2D eigenvalue weighted by molar-refractivity contribution is 7.89. The number of halogens is 3. The molecule has 0 spiro atoms. The van der Waals surface area contributed by atoms with E-state index in [0.29, 0.717) is 55.8 Å². The lowest BCUT2D eigenvalue weighted by Gasteiger charge is -2.38. The number of sulfonamides is 1. The molecule has 3 amide bonds. The zero-order valence-corrected chi connectivity index (χ0v) is 33.0. The molecule has 4 aliphatic rings. The van der Waals surface area contributed by atoms with Gasteiger partial charge in [0, 0.05) is 69.9 Å². The van der Waals surface area contributed by atoms with E-state index < -0.39 is 28.5 Å². The van der Waals surface area contributed by atoms with Gasteiger partial charge in [0.1, 0.15) is 5.82 Å². The van der Waals surface area contributed by atoms with Gasteiger partial charge in [-0.25, -0.2) is 27.6 Å². The van der Waals surface area contributed by atoms with Crippen LogP contribution in [0.4, 0.5) is 35.4 Å². The molecule has 0 unspecified atom stereocenters. The highest BCUT2D eigenvalue weighted by Crippen LogP contribution is 2.35. The Morgan fingerprint density at radius 3 is 2.33 bits per heavy atom. The molecule has 4 aliphatic heterocycles. The zero-order valence-electron chi connectivity index (χ0n) is 32.2. The van der Waals surface area contributed by atoms with Crippen LogP contribution in [0, 0.1) is 11.7 Å². The normalized spacial score (nSPS) is 19.9. The van der Waals surface area contributed by atoms with Gasteiger partial charge < -0.3 is 19.9 Å². The van der Waals surface area contributed by atoms with E-state index in [2.05, 4.69) is 52.4 Å². The van der Waals surface area contributed by atoms with Gasteiger partial charge in [-0.15, -0.1) is 0 Å². The molecule has 0 radical (unpaired) electrons. The van der Waals surface area contributed by atoms with Crippen LogP contribution in [0.3, 0.4) is 0 Å². The minimum atomic E-state index is -3.95. The van der Waals surface area contributed by atoms with E-state index >= 15 is 4.39 Å². The SMILES string of the molecule is Cn1nc(N2CCC(=O)NC2=O)c2ccc(C3CCN(CC4CCN(c5cc(F)cc(S(=O)(=O)N6CCC(Nc7ncc(OC(F)F)cn7)CC6)c5)CC4)CC3)cc21. The molecular weight excluding hydrogens is 778 g/mol. The Labute approximate surface area is 334 Å². The van der Waals surface area contributed by atoms with Gasteiger partial charge in [-0.3, -0.25) is 19.7 Å². The summed E-state index contributed by atoms with van der Waals surface area (Å²) in [5.41, 5.74) is 2.78. The Balaban J connectivity index is 0.810. The first-order valence-corrected chi connectivity index (χ1v) is 21.2. The number of likely N-dealkylation sites (tertiary alicyclic amines) is 1. The van der Waals surface area contributed by atoms with Gasteiger partial charge in [-0.2, -0.15) is 18.2 Å². The Morgan fingerprint density at radius 1 is 0.914 bits per heavy atom. The molecule has 4 aromatic rings. The number of piperidine rings is 3. The lowest BCUT2D eigenvalue weighted by molar-refractivity contribution is -0.120. The van der Waals surface area contributed by atoms with Crippen molar-refractivity contribution in [2.75, 3.05) is 67.5 Å². The number of hydrogen-bond donors (Lipinski definition) is 2. The summed E-state index contributed by atoms with van der Waals surface area (Å²) < 4.78 is 74.7. The average Bonchev–Trinajstić information content (AvgIpc) is 3.54. The summed E-state index contributed by atoms with van der Waals surface area (Å²) in [6.45, 7) is 2.14. The minimum absolute atomic E-state index is 0.0630. The molecule has 19 heteroatoms. The molecule has 6 heterocycles. The molecule has 310 valence electrons. The molecule has 4 saturated heterocycles. The predicted octanol–water partition coefficient (Wildman–Crippen LogP) is 4.91. The van der Waals surface area contributed by atoms with Gasteiger partial charge >= 0.3 is 12.6 Å². The molecular formula is C39H47F3N10O5S. The van der Waals surface area contributed by atoms with E-state index in [1.54, 1.807) is 10.7 Å². The molecule has 2 N–H and O–H groups in total. The van der Waals surface area contributed by atoms with Crippen LogP contribution >= 0.6 is 0 Å². The third kappa shape index (κ3) is 8.70. The van der Waals surface area contributed by atoms with Crippen molar-refractivity contribution in [3.8, 4) is 5.75 Å². The molecule has 0 aliphatic carbocycles. The van der Waals surface area contributed by atoms with Crippen LogP contribution < -0.4 is 25.2 Å². The standard InChI is InChI=1S/C39H47F3N10O5S/c1-48-34-18-27(2-3-33(34)36(47-48)52-17-10-35(53)46-39(52)54)26-6-11-49(12-7-26)24-25-4-13-50(14-5-25)30-19-28(40)20-32(21-30)58(55,56)51-15-8-29(9-16-51)45-38-43-22-31(23-44-38)57-37(41)42/h2-3,18-23,25-26,29,37H,4-17,24H2,1H3,(H,43,44,45)(H,46,53,54). The molecule has 2 aromatic carbocycles. The lowest BCUT2D eigenvalue weighted by atomic mass is 9.88. The number of carbonyl (C=O) groups is 2. The number of ether oxygens (including phenoxy) is 1. The fourth-order valence-electron chi connectivity index (χ4n) is 8.67. The van der Waals surface area contributed by atoms with E-state index in [1.807, 2.05) is 13.1 Å². The summed E-state index contributed by atoms with van der Waals surface area (Å²) in [4.78, 5) is 38.2. The van der Waals surface area contributed by atoms with Crippen molar-refractivity contribution in [3.05, 3.63) is 60.2 Å². The van der Waals surface area contributed by atoms with Crippen molar-refractivity contribution in [2.45, 2.75) is 68.4 Å². The molecule has 4 fully saturated rings. The minimum Gasteiger partial charge on any atom is -0.432 e. The Kier molecular flexibility index (Phi) is 11.5. The van der Waals surface area contributed by atoms with Crippen LogP contribution in [-0.4, -0.2) is 114 Å². The maximum Gasteiger partial charge on any atom is 0.387 e. The number of benzene rings is 2. The first-order chi connectivity index (χ1) is 27.9. The van der Waals surface area contributed by atoms with E-state index in [9.17, 15) is 26.8 Å². The number of amides is 3. The van der Waals surface area contributed by atoms with E-state index in [4.69, 9.17) is 0 Å². The number of anilines is 3. The molecule has 2 aromatic heterocycles. The van der Waals surface area contributed by atoms with E-state index in [-0.39, 0.29) is 48.1 Å². The number of imide groups is 1. The smallest absolute Gasteiger partial charge is 0.387 e. The summed E-state index contributed by atoms with van der Waals surface area (Å²) in [6.07, 6.45) is 7.36. The maximum absolute atomic E-state index is 15.0. The summed E-state index contributed by atoms with van der Waals surface area (Å²) >= 11 is 0. The number of aryl methyl sites for hydroxylation is 1. The molecule has 58 heavy (non-hydrogen) atoms. The summed E-state index contributed by atoms with van der Waals surface area (Å²) in [6, 6.07) is 9.86. The second kappa shape index (κ2) is 16.7. The van der Waals surface area contributed by atoms with Crippen LogP contribution in [-0.2, 0) is 21.9 Å². The number of nitrogens with one attached hydrogen (secondary N) is 2. The van der Waals surface area contributed by atoms with Crippen LogP contribution in [0.15, 0.2) is 53.7 Å². The third-order valence-corrected chi connectivity index (χ3v) is 13.7. The fourth-order valence-corrected chi connectivity index (χ4v) is 10.2. The molecule has 0 bridgehead atoms. The molecule has 15 nitrogen and oxygen atoms in total. The zero-order chi connectivity index (χ0) is 40.6. The second-order valence-electron chi connectivity index (χ2n) is 15.6. The first kappa shape index (κ1) is 39.8. The third-order valence-electron chi connectivity index (χ3n) is 11.9.